The molecule has 1 aromatic carbocycles. The molecule has 0 spiro atoms. The topological polar surface area (TPSA) is 65.1 Å². The number of methoxy groups -OCH3 is 2. The van der Waals surface area contributed by atoms with Crippen molar-refractivity contribution >= 4 is 11.9 Å². The molecule has 0 bridgehead atoms. The molecule has 6 heteroatoms. The van der Waals surface area contributed by atoms with E-state index in [4.69, 9.17) is 14.2 Å². The molecule has 0 saturated heterocycles. The molecule has 2 rings (SSSR count). The highest BCUT2D eigenvalue weighted by Gasteiger charge is 2.35. The van der Waals surface area contributed by atoms with Crippen molar-refractivity contribution in [3.05, 3.63) is 41.1 Å². The Morgan fingerprint density at radius 2 is 2.00 bits per heavy atom. The van der Waals surface area contributed by atoms with E-state index in [0.717, 1.165) is 18.4 Å². The lowest BCUT2D eigenvalue weighted by Gasteiger charge is -2.34. The Hall–Kier alpha value is -2.34. The monoisotopic (exact) mass is 375 g/mol. The number of esters is 1. The summed E-state index contributed by atoms with van der Waals surface area (Å²) in [6, 6.07) is 7.45. The smallest absolute Gasteiger partial charge is 0.336 e. The molecule has 1 unspecified atom stereocenters. The Morgan fingerprint density at radius 1 is 1.26 bits per heavy atom. The van der Waals surface area contributed by atoms with Crippen molar-refractivity contribution in [3.63, 3.8) is 0 Å². The number of nitrogens with zero attached hydrogens (tertiary/aromatic N) is 1. The third-order valence-electron chi connectivity index (χ3n) is 4.85. The normalized spacial score (nSPS) is 17.3. The molecule has 1 heterocycles. The fraction of sp³-hybridized carbons (Fsp3) is 0.524. The second-order valence-electron chi connectivity index (χ2n) is 6.61. The summed E-state index contributed by atoms with van der Waals surface area (Å²) in [5.41, 5.74) is 2.08. The summed E-state index contributed by atoms with van der Waals surface area (Å²) >= 11 is 0. The van der Waals surface area contributed by atoms with Crippen LogP contribution in [0.15, 0.2) is 35.5 Å². The van der Waals surface area contributed by atoms with Crippen LogP contribution in [-0.2, 0) is 25.7 Å². The van der Waals surface area contributed by atoms with Crippen LogP contribution in [0.2, 0.25) is 0 Å². The lowest BCUT2D eigenvalue weighted by Crippen LogP contribution is -2.40. The number of allylic oxidation sites excluding steroid dienone is 1. The van der Waals surface area contributed by atoms with Crippen LogP contribution in [0.5, 0.6) is 5.75 Å². The molecule has 27 heavy (non-hydrogen) atoms. The minimum Gasteiger partial charge on any atom is -0.496 e. The van der Waals surface area contributed by atoms with Crippen LogP contribution in [-0.4, -0.2) is 44.1 Å². The third-order valence-corrected chi connectivity index (χ3v) is 4.85. The Balaban J connectivity index is 2.22. The molecule has 0 aromatic heterocycles. The quantitative estimate of drug-likeness (QED) is 0.620. The van der Waals surface area contributed by atoms with E-state index >= 15 is 0 Å². The van der Waals surface area contributed by atoms with Crippen LogP contribution in [0.3, 0.4) is 0 Å². The third kappa shape index (κ3) is 5.10. The van der Waals surface area contributed by atoms with E-state index in [1.807, 2.05) is 31.2 Å². The molecule has 0 saturated carbocycles. The molecule has 1 aromatic rings. The van der Waals surface area contributed by atoms with Gasteiger partial charge in [-0.3, -0.25) is 4.79 Å². The number of hydrogen-bond acceptors (Lipinski definition) is 5. The average molecular weight is 375 g/mol. The van der Waals surface area contributed by atoms with E-state index < -0.39 is 0 Å². The highest BCUT2D eigenvalue weighted by molar-refractivity contribution is 5.94. The molecule has 1 aliphatic heterocycles. The summed E-state index contributed by atoms with van der Waals surface area (Å²) in [5, 5.41) is 0. The molecule has 6 nitrogen and oxygen atoms in total. The number of carbonyl (C=O) groups excluding carboxylic acids is 2. The lowest BCUT2D eigenvalue weighted by molar-refractivity contribution is -0.142. The Bertz CT molecular complexity index is 698. The first-order valence-electron chi connectivity index (χ1n) is 9.32. The number of hydrogen-bond donors (Lipinski definition) is 0. The second kappa shape index (κ2) is 10.1. The molecular formula is C21H29NO5. The van der Waals surface area contributed by atoms with Crippen molar-refractivity contribution < 1.29 is 23.8 Å². The highest BCUT2D eigenvalue weighted by Crippen LogP contribution is 2.33. The second-order valence-corrected chi connectivity index (χ2v) is 6.61. The summed E-state index contributed by atoms with van der Waals surface area (Å²) in [6.07, 6.45) is 2.00. The van der Waals surface area contributed by atoms with Crippen LogP contribution in [0, 0.1) is 5.92 Å². The maximum Gasteiger partial charge on any atom is 0.336 e. The molecular weight excluding hydrogens is 346 g/mol. The molecule has 0 radical (unpaired) electrons. The highest BCUT2D eigenvalue weighted by atomic mass is 16.5. The first kappa shape index (κ1) is 21.0. The van der Waals surface area contributed by atoms with Crippen LogP contribution in [0.1, 0.15) is 38.7 Å². The van der Waals surface area contributed by atoms with Crippen molar-refractivity contribution in [2.24, 2.45) is 5.92 Å². The molecule has 148 valence electrons. The standard InChI is InChI=1S/C21H29NO5/c1-5-8-16-13-19(23)22(11-12-25-3)15(2)20(16)21(24)27-14-17-9-6-7-10-18(17)26-4/h6-7,9-10,16H,5,8,11-14H2,1-4H3. The Labute approximate surface area is 161 Å². The summed E-state index contributed by atoms with van der Waals surface area (Å²) < 4.78 is 16.0. The van der Waals surface area contributed by atoms with Gasteiger partial charge in [-0.15, -0.1) is 0 Å². The van der Waals surface area contributed by atoms with Crippen LogP contribution in [0.25, 0.3) is 0 Å². The van der Waals surface area contributed by atoms with E-state index in [-0.39, 0.29) is 24.4 Å². The predicted molar refractivity (Wildman–Crippen MR) is 102 cm³/mol. The fourth-order valence-electron chi connectivity index (χ4n) is 3.48. The van der Waals surface area contributed by atoms with Crippen molar-refractivity contribution in [2.75, 3.05) is 27.4 Å². The van der Waals surface area contributed by atoms with Gasteiger partial charge in [-0.1, -0.05) is 31.5 Å². The maximum atomic E-state index is 12.9. The molecule has 1 aliphatic rings. The van der Waals surface area contributed by atoms with Crippen molar-refractivity contribution in [1.29, 1.82) is 0 Å². The van der Waals surface area contributed by atoms with Gasteiger partial charge in [0, 0.05) is 37.3 Å². The molecule has 0 fully saturated rings. The van der Waals surface area contributed by atoms with Crippen LogP contribution >= 0.6 is 0 Å². The summed E-state index contributed by atoms with van der Waals surface area (Å²) in [6.45, 7) is 4.85. The Kier molecular flexibility index (Phi) is 7.85. The van der Waals surface area contributed by atoms with E-state index in [2.05, 4.69) is 6.92 Å². The maximum absolute atomic E-state index is 12.9. The van der Waals surface area contributed by atoms with Gasteiger partial charge < -0.3 is 19.1 Å². The van der Waals surface area contributed by atoms with Gasteiger partial charge in [0.2, 0.25) is 5.91 Å². The molecule has 1 amide bonds. The predicted octanol–water partition coefficient (Wildman–Crippen LogP) is 3.31. The largest absolute Gasteiger partial charge is 0.496 e. The van der Waals surface area contributed by atoms with Gasteiger partial charge in [-0.05, 0) is 19.4 Å². The molecule has 0 N–H and O–H groups in total. The lowest BCUT2D eigenvalue weighted by atomic mass is 9.86. The zero-order chi connectivity index (χ0) is 19.8. The molecule has 0 aliphatic carbocycles. The zero-order valence-electron chi connectivity index (χ0n) is 16.6. The number of carbonyl (C=O) groups is 2. The number of benzene rings is 1. The SMILES string of the molecule is CCCC1CC(=O)N(CCOC)C(C)=C1C(=O)OCc1ccccc1OC. The zero-order valence-corrected chi connectivity index (χ0v) is 16.6. The van der Waals surface area contributed by atoms with E-state index in [9.17, 15) is 9.59 Å². The van der Waals surface area contributed by atoms with Gasteiger partial charge in [0.05, 0.1) is 19.3 Å². The Morgan fingerprint density at radius 3 is 2.67 bits per heavy atom. The summed E-state index contributed by atoms with van der Waals surface area (Å²) in [7, 11) is 3.18. The van der Waals surface area contributed by atoms with E-state index in [1.165, 1.54) is 0 Å². The summed E-state index contributed by atoms with van der Waals surface area (Å²) in [5.74, 6) is 0.240. The van der Waals surface area contributed by atoms with Crippen molar-refractivity contribution in [2.45, 2.75) is 39.7 Å². The number of amides is 1. The van der Waals surface area contributed by atoms with Crippen molar-refractivity contribution in [1.82, 2.24) is 4.90 Å². The summed E-state index contributed by atoms with van der Waals surface area (Å²) in [4.78, 5) is 27.0. The van der Waals surface area contributed by atoms with Gasteiger partial charge >= 0.3 is 5.97 Å². The van der Waals surface area contributed by atoms with E-state index in [1.54, 1.807) is 19.1 Å². The first-order valence-corrected chi connectivity index (χ1v) is 9.32. The van der Waals surface area contributed by atoms with Gasteiger partial charge in [0.15, 0.2) is 0 Å². The van der Waals surface area contributed by atoms with Gasteiger partial charge in [-0.25, -0.2) is 4.79 Å². The van der Waals surface area contributed by atoms with Crippen molar-refractivity contribution in [3.8, 4) is 5.75 Å². The van der Waals surface area contributed by atoms with Crippen LogP contribution in [0.4, 0.5) is 0 Å². The number of para-hydroxylation sites is 1. The van der Waals surface area contributed by atoms with Gasteiger partial charge in [-0.2, -0.15) is 0 Å². The molecule has 1 atom stereocenters. The van der Waals surface area contributed by atoms with Gasteiger partial charge in [0.1, 0.15) is 12.4 Å². The number of ether oxygens (including phenoxy) is 3. The number of rotatable bonds is 9. The minimum absolute atomic E-state index is 0.0317. The first-order chi connectivity index (χ1) is 13.0. The average Bonchev–Trinajstić information content (AvgIpc) is 2.66. The fourth-order valence-corrected chi connectivity index (χ4v) is 3.48. The van der Waals surface area contributed by atoms with Crippen LogP contribution < -0.4 is 4.74 Å². The van der Waals surface area contributed by atoms with Gasteiger partial charge in [0.25, 0.3) is 0 Å². The minimum atomic E-state index is -0.369. The van der Waals surface area contributed by atoms with E-state index in [0.29, 0.717) is 36.6 Å².